The standard InChI is InChI=1S/C86H163N2O6P/c1-6-8-10-12-14-16-18-20-22-24-26-28-30-32-34-36-38-40-41-42-43-44-45-46-47-48-50-52-54-56-58-60-62-64-66-68-70-72-74-76-78-80-86(90)87-84(83-94-95(91,92)93-82-81-88(3,4)5)85(89)79-77-75-73-71-69-67-65-63-61-59-57-55-53-51-49-39-37-35-33-31-29-27-25-23-21-19-17-15-13-11-9-7-2/h8,10,14,16,20,22,26,28,69,71,77,79,84-85,89H,6-7,9,11-13,15,17-19,21,23-25,27,29-68,70,72-76,78,80-83H2,1-5H3,(H-,87,90,91,92)/b10-8-,16-14-,22-20-,28-26-,71-69+,79-77+. The highest BCUT2D eigenvalue weighted by atomic mass is 31.2. The second kappa shape index (κ2) is 76.1. The second-order valence-corrected chi connectivity index (χ2v) is 31.2. The van der Waals surface area contributed by atoms with Crippen LogP contribution in [0.25, 0.3) is 0 Å². The molecule has 0 rings (SSSR count). The first-order valence-corrected chi connectivity index (χ1v) is 43.3. The maximum atomic E-state index is 13.1. The van der Waals surface area contributed by atoms with Gasteiger partial charge in [0.15, 0.2) is 0 Å². The Bertz CT molecular complexity index is 1790. The minimum atomic E-state index is -4.62. The average molecular weight is 1350 g/mol. The van der Waals surface area contributed by atoms with E-state index in [1.165, 1.54) is 334 Å². The monoisotopic (exact) mass is 1350 g/mol. The molecule has 95 heavy (non-hydrogen) atoms. The fourth-order valence-electron chi connectivity index (χ4n) is 12.8. The van der Waals surface area contributed by atoms with E-state index in [9.17, 15) is 19.4 Å². The van der Waals surface area contributed by atoms with Crippen molar-refractivity contribution in [3.8, 4) is 0 Å². The molecule has 0 aliphatic rings. The third-order valence-corrected chi connectivity index (χ3v) is 20.1. The highest BCUT2D eigenvalue weighted by molar-refractivity contribution is 7.45. The van der Waals surface area contributed by atoms with E-state index in [0.717, 1.165) is 64.2 Å². The van der Waals surface area contributed by atoms with Crippen LogP contribution in [-0.4, -0.2) is 68.5 Å². The Balaban J connectivity index is 3.93. The summed E-state index contributed by atoms with van der Waals surface area (Å²) in [6.45, 7) is 4.58. The molecule has 3 unspecified atom stereocenters. The molecule has 0 aromatic heterocycles. The van der Waals surface area contributed by atoms with Gasteiger partial charge in [0.25, 0.3) is 7.82 Å². The summed E-state index contributed by atoms with van der Waals surface area (Å²) in [7, 11) is 1.26. The average Bonchev–Trinajstić information content (AvgIpc) is 2.01. The van der Waals surface area contributed by atoms with Crippen LogP contribution >= 0.6 is 7.82 Å². The number of allylic oxidation sites excluding steroid dienone is 11. The molecular weight excluding hydrogens is 1190 g/mol. The van der Waals surface area contributed by atoms with Crippen LogP contribution < -0.4 is 10.2 Å². The molecule has 0 spiro atoms. The Hall–Kier alpha value is -2.06. The Labute approximate surface area is 593 Å². The zero-order valence-corrected chi connectivity index (χ0v) is 65.0. The molecule has 2 N–H and O–H groups in total. The molecule has 0 aliphatic carbocycles. The van der Waals surface area contributed by atoms with E-state index in [2.05, 4.69) is 79.9 Å². The van der Waals surface area contributed by atoms with Gasteiger partial charge >= 0.3 is 0 Å². The molecule has 8 nitrogen and oxygen atoms in total. The zero-order valence-electron chi connectivity index (χ0n) is 64.1. The molecule has 0 saturated heterocycles. The van der Waals surface area contributed by atoms with E-state index in [1.807, 2.05) is 27.2 Å². The maximum absolute atomic E-state index is 13.1. The summed E-state index contributed by atoms with van der Waals surface area (Å²) in [5.74, 6) is -0.199. The minimum Gasteiger partial charge on any atom is -0.756 e. The quantitative estimate of drug-likeness (QED) is 0.0272. The van der Waals surface area contributed by atoms with Crippen molar-refractivity contribution < 1.29 is 32.9 Å². The van der Waals surface area contributed by atoms with Crippen LogP contribution in [0.5, 0.6) is 0 Å². The molecule has 9 heteroatoms. The third-order valence-electron chi connectivity index (χ3n) is 19.2. The van der Waals surface area contributed by atoms with Crippen LogP contribution in [0.2, 0.25) is 0 Å². The number of carbonyl (C=O) groups excluding carboxylic acids is 1. The molecule has 0 fully saturated rings. The number of hydrogen-bond donors (Lipinski definition) is 2. The second-order valence-electron chi connectivity index (χ2n) is 29.8. The number of nitrogens with one attached hydrogen (secondary N) is 1. The van der Waals surface area contributed by atoms with E-state index < -0.39 is 20.0 Å². The van der Waals surface area contributed by atoms with Gasteiger partial charge in [0, 0.05) is 6.42 Å². The Kier molecular flexibility index (Phi) is 74.5. The van der Waals surface area contributed by atoms with E-state index >= 15 is 0 Å². The number of unbranched alkanes of at least 4 members (excludes halogenated alkanes) is 55. The van der Waals surface area contributed by atoms with Crippen molar-refractivity contribution in [1.29, 1.82) is 0 Å². The number of quaternary nitrogens is 1. The number of hydrogen-bond acceptors (Lipinski definition) is 6. The number of amides is 1. The fraction of sp³-hybridized carbons (Fsp3) is 0.849. The van der Waals surface area contributed by atoms with Crippen LogP contribution in [0.3, 0.4) is 0 Å². The van der Waals surface area contributed by atoms with Gasteiger partial charge in [-0.25, -0.2) is 0 Å². The minimum absolute atomic E-state index is 0.00529. The molecule has 0 aromatic rings. The SMILES string of the molecule is CC/C=C\C/C=C\C/C=C\C/C=C\CCCCCCCCCCCCCCCCCCCCCCCCCCCCCCC(=O)NC(COP(=O)([O-])OCC[N+](C)(C)C)C(O)/C=C/CC/C=C/CCCCCCCCCCCCCCCCCCCCCCCCCCCC. The summed E-state index contributed by atoms with van der Waals surface area (Å²) < 4.78 is 23.5. The van der Waals surface area contributed by atoms with Gasteiger partial charge in [-0.2, -0.15) is 0 Å². The summed E-state index contributed by atoms with van der Waals surface area (Å²) in [5.41, 5.74) is 0. The van der Waals surface area contributed by atoms with Gasteiger partial charge in [-0.3, -0.25) is 9.36 Å². The van der Waals surface area contributed by atoms with Crippen molar-refractivity contribution in [3.05, 3.63) is 72.9 Å². The summed E-state index contributed by atoms with van der Waals surface area (Å²) in [6.07, 6.45) is 108. The van der Waals surface area contributed by atoms with Crippen LogP contribution in [0, 0.1) is 0 Å². The summed E-state index contributed by atoms with van der Waals surface area (Å²) in [6, 6.07) is -0.906. The lowest BCUT2D eigenvalue weighted by atomic mass is 10.0. The summed E-state index contributed by atoms with van der Waals surface area (Å²) >= 11 is 0. The first-order chi connectivity index (χ1) is 46.5. The van der Waals surface area contributed by atoms with Crippen LogP contribution in [-0.2, 0) is 18.4 Å². The first-order valence-electron chi connectivity index (χ1n) is 41.8. The summed E-state index contributed by atoms with van der Waals surface area (Å²) in [5, 5.41) is 14.0. The van der Waals surface area contributed by atoms with Crippen molar-refractivity contribution in [1.82, 2.24) is 5.32 Å². The largest absolute Gasteiger partial charge is 0.756 e. The van der Waals surface area contributed by atoms with Crippen LogP contribution in [0.15, 0.2) is 72.9 Å². The molecular formula is C86H163N2O6P. The van der Waals surface area contributed by atoms with Gasteiger partial charge < -0.3 is 28.8 Å². The highest BCUT2D eigenvalue weighted by Gasteiger charge is 2.23. The number of likely N-dealkylation sites (N-methyl/N-ethyl adjacent to an activating group) is 1. The highest BCUT2D eigenvalue weighted by Crippen LogP contribution is 2.38. The Morgan fingerprint density at radius 1 is 0.379 bits per heavy atom. The summed E-state index contributed by atoms with van der Waals surface area (Å²) in [4.78, 5) is 25.7. The topological polar surface area (TPSA) is 108 Å². The predicted molar refractivity (Wildman–Crippen MR) is 417 cm³/mol. The molecule has 0 bridgehead atoms. The van der Waals surface area contributed by atoms with Crippen LogP contribution in [0.4, 0.5) is 0 Å². The molecule has 558 valence electrons. The maximum Gasteiger partial charge on any atom is 0.268 e. The lowest BCUT2D eigenvalue weighted by molar-refractivity contribution is -0.870. The van der Waals surface area contributed by atoms with Gasteiger partial charge in [-0.05, 0) is 70.6 Å². The smallest absolute Gasteiger partial charge is 0.268 e. The number of aliphatic hydroxyl groups excluding tert-OH is 1. The first kappa shape index (κ1) is 92.9. The number of phosphoric ester groups is 1. The van der Waals surface area contributed by atoms with Gasteiger partial charge in [0.1, 0.15) is 13.2 Å². The number of aliphatic hydroxyl groups is 1. The van der Waals surface area contributed by atoms with Crippen molar-refractivity contribution in [2.75, 3.05) is 40.9 Å². The number of rotatable bonds is 78. The zero-order chi connectivity index (χ0) is 69.0. The van der Waals surface area contributed by atoms with Crippen molar-refractivity contribution in [2.24, 2.45) is 0 Å². The third kappa shape index (κ3) is 79.1. The van der Waals surface area contributed by atoms with Gasteiger partial charge in [-0.15, -0.1) is 0 Å². The normalized spacial score (nSPS) is 13.8. The van der Waals surface area contributed by atoms with E-state index in [0.29, 0.717) is 17.4 Å². The van der Waals surface area contributed by atoms with E-state index in [1.54, 1.807) is 6.08 Å². The number of phosphoric acid groups is 1. The number of carbonyl (C=O) groups is 1. The predicted octanol–water partition coefficient (Wildman–Crippen LogP) is 27.0. The molecule has 0 radical (unpaired) electrons. The fourth-order valence-corrected chi connectivity index (χ4v) is 13.5. The lowest BCUT2D eigenvalue weighted by Crippen LogP contribution is -2.45. The molecule has 0 saturated carbocycles. The van der Waals surface area contributed by atoms with Gasteiger partial charge in [0.2, 0.25) is 5.91 Å². The van der Waals surface area contributed by atoms with Crippen molar-refractivity contribution in [3.63, 3.8) is 0 Å². The molecule has 0 heterocycles. The van der Waals surface area contributed by atoms with E-state index in [-0.39, 0.29) is 19.1 Å². The Morgan fingerprint density at radius 2 is 0.653 bits per heavy atom. The van der Waals surface area contributed by atoms with E-state index in [4.69, 9.17) is 9.05 Å². The van der Waals surface area contributed by atoms with Gasteiger partial charge in [0.05, 0.1) is 39.9 Å². The molecule has 3 atom stereocenters. The van der Waals surface area contributed by atoms with Crippen molar-refractivity contribution >= 4 is 13.7 Å². The molecule has 0 aromatic carbocycles. The van der Waals surface area contributed by atoms with Crippen LogP contribution in [0.1, 0.15) is 418 Å². The van der Waals surface area contributed by atoms with Gasteiger partial charge in [-0.1, -0.05) is 414 Å². The lowest BCUT2D eigenvalue weighted by Gasteiger charge is -2.29. The molecule has 0 aliphatic heterocycles. The molecule has 1 amide bonds. The van der Waals surface area contributed by atoms with Crippen molar-refractivity contribution in [2.45, 2.75) is 431 Å². The number of nitrogens with zero attached hydrogens (tertiary/aromatic N) is 1. The Morgan fingerprint density at radius 3 is 0.979 bits per heavy atom.